The molecule has 0 saturated heterocycles. The summed E-state index contributed by atoms with van der Waals surface area (Å²) in [4.78, 5) is 12.2. The van der Waals surface area contributed by atoms with Gasteiger partial charge in [0.2, 0.25) is 0 Å². The number of nitrogens with zero attached hydrogens (tertiary/aromatic N) is 2. The highest BCUT2D eigenvalue weighted by Gasteiger charge is 2.63. The Labute approximate surface area is 137 Å². The summed E-state index contributed by atoms with van der Waals surface area (Å²) in [6.45, 7) is 4.38. The van der Waals surface area contributed by atoms with E-state index in [-0.39, 0.29) is 16.6 Å². The van der Waals surface area contributed by atoms with Gasteiger partial charge in [-0.3, -0.25) is 4.79 Å². The first-order chi connectivity index (χ1) is 11.1. The summed E-state index contributed by atoms with van der Waals surface area (Å²) in [5.41, 5.74) is -2.48. The normalized spacial score (nSPS) is 21.2. The number of rotatable bonds is 4. The third-order valence-corrected chi connectivity index (χ3v) is 3.81. The van der Waals surface area contributed by atoms with Gasteiger partial charge in [0.1, 0.15) is 5.75 Å². The Morgan fingerprint density at radius 3 is 2.58 bits per heavy atom. The van der Waals surface area contributed by atoms with E-state index < -0.39 is 30.8 Å². The third kappa shape index (κ3) is 3.38. The Morgan fingerprint density at radius 1 is 1.42 bits per heavy atom. The van der Waals surface area contributed by atoms with Crippen LogP contribution in [-0.2, 0) is 4.79 Å². The lowest BCUT2D eigenvalue weighted by Gasteiger charge is -2.32. The summed E-state index contributed by atoms with van der Waals surface area (Å²) < 4.78 is 45.1. The summed E-state index contributed by atoms with van der Waals surface area (Å²) >= 11 is 0. The van der Waals surface area contributed by atoms with Crippen molar-refractivity contribution >= 4 is 11.6 Å². The Bertz CT molecular complexity index is 658. The molecule has 8 heteroatoms. The van der Waals surface area contributed by atoms with Gasteiger partial charge in [-0.25, -0.2) is 0 Å². The molecule has 0 radical (unpaired) electrons. The summed E-state index contributed by atoms with van der Waals surface area (Å²) in [5, 5.41) is 13.8. The molecule has 1 aromatic rings. The molecule has 0 saturated carbocycles. The van der Waals surface area contributed by atoms with E-state index in [1.165, 1.54) is 0 Å². The molecule has 1 amide bonds. The molecule has 0 aromatic heterocycles. The van der Waals surface area contributed by atoms with E-state index in [2.05, 4.69) is 5.10 Å². The van der Waals surface area contributed by atoms with Crippen molar-refractivity contribution in [3.05, 3.63) is 29.8 Å². The van der Waals surface area contributed by atoms with Crippen LogP contribution in [0.3, 0.4) is 0 Å². The number of amides is 1. The molecule has 24 heavy (non-hydrogen) atoms. The molecular weight excluding hydrogens is 325 g/mol. The summed E-state index contributed by atoms with van der Waals surface area (Å²) in [7, 11) is 0. The Morgan fingerprint density at radius 2 is 2.04 bits per heavy atom. The van der Waals surface area contributed by atoms with Crippen molar-refractivity contribution in [3.8, 4) is 5.75 Å². The number of hydrogen-bond acceptors (Lipinski definition) is 4. The minimum atomic E-state index is -5.02. The lowest BCUT2D eigenvalue weighted by atomic mass is 9.99. The van der Waals surface area contributed by atoms with Crippen molar-refractivity contribution in [2.75, 3.05) is 6.61 Å². The van der Waals surface area contributed by atoms with Crippen LogP contribution < -0.4 is 4.74 Å². The van der Waals surface area contributed by atoms with Crippen molar-refractivity contribution in [1.29, 1.82) is 0 Å². The maximum Gasteiger partial charge on any atom is 0.438 e. The van der Waals surface area contributed by atoms with Crippen LogP contribution in [0.25, 0.3) is 0 Å². The topological polar surface area (TPSA) is 62.1 Å². The second-order valence-electron chi connectivity index (χ2n) is 6.00. The van der Waals surface area contributed by atoms with Crippen molar-refractivity contribution in [2.45, 2.75) is 39.1 Å². The number of alkyl halides is 3. The van der Waals surface area contributed by atoms with Gasteiger partial charge in [-0.1, -0.05) is 32.0 Å². The molecule has 1 aromatic carbocycles. The lowest BCUT2D eigenvalue weighted by molar-refractivity contribution is -0.302. The van der Waals surface area contributed by atoms with Gasteiger partial charge >= 0.3 is 6.18 Å². The second-order valence-corrected chi connectivity index (χ2v) is 6.00. The van der Waals surface area contributed by atoms with Crippen molar-refractivity contribution in [3.63, 3.8) is 0 Å². The summed E-state index contributed by atoms with van der Waals surface area (Å²) in [6.07, 6.45) is -5.78. The van der Waals surface area contributed by atoms with E-state index in [9.17, 15) is 23.1 Å². The van der Waals surface area contributed by atoms with E-state index in [0.29, 0.717) is 5.75 Å². The molecule has 1 N–H and O–H groups in total. The van der Waals surface area contributed by atoms with Gasteiger partial charge in [0.25, 0.3) is 11.6 Å². The third-order valence-electron chi connectivity index (χ3n) is 3.81. The van der Waals surface area contributed by atoms with Gasteiger partial charge in [-0.05, 0) is 24.5 Å². The monoisotopic (exact) mass is 344 g/mol. The maximum absolute atomic E-state index is 13.3. The number of hydrazone groups is 1. The first kappa shape index (κ1) is 18.3. The molecule has 5 nitrogen and oxygen atoms in total. The Kier molecular flexibility index (Phi) is 4.89. The first-order valence-corrected chi connectivity index (χ1v) is 7.44. The second kappa shape index (κ2) is 6.43. The number of ether oxygens (including phenoxy) is 1. The van der Waals surface area contributed by atoms with Gasteiger partial charge in [-0.2, -0.15) is 23.3 Å². The van der Waals surface area contributed by atoms with E-state index >= 15 is 0 Å². The first-order valence-electron chi connectivity index (χ1n) is 7.44. The van der Waals surface area contributed by atoms with Gasteiger partial charge < -0.3 is 9.84 Å². The van der Waals surface area contributed by atoms with Crippen LogP contribution in [-0.4, -0.2) is 40.2 Å². The molecule has 1 atom stereocenters. The fourth-order valence-corrected chi connectivity index (χ4v) is 2.29. The van der Waals surface area contributed by atoms with Gasteiger partial charge in [0, 0.05) is 12.1 Å². The highest BCUT2D eigenvalue weighted by Crippen LogP contribution is 2.41. The zero-order valence-electron chi connectivity index (χ0n) is 13.6. The molecule has 0 unspecified atom stereocenters. The number of aliphatic hydroxyl groups is 1. The van der Waals surface area contributed by atoms with Crippen molar-refractivity contribution < 1.29 is 27.8 Å². The van der Waals surface area contributed by atoms with Crippen LogP contribution in [0.5, 0.6) is 5.75 Å². The molecule has 2 rings (SSSR count). The van der Waals surface area contributed by atoms with Crippen LogP contribution in [0.2, 0.25) is 0 Å². The average Bonchev–Trinajstić information content (AvgIpc) is 2.85. The van der Waals surface area contributed by atoms with Gasteiger partial charge in [0.05, 0.1) is 0 Å². The van der Waals surface area contributed by atoms with Crippen LogP contribution in [0.15, 0.2) is 29.4 Å². The smallest absolute Gasteiger partial charge is 0.438 e. The van der Waals surface area contributed by atoms with E-state index in [1.54, 1.807) is 45.0 Å². The average molecular weight is 344 g/mol. The number of carbonyl (C=O) groups is 1. The SMILES string of the molecule is Cc1ccccc1OCC(=O)N1N=C(C(C)C)C[C@@]1(O)C(F)(F)F. The number of aryl methyl sites for hydroxylation is 1. The molecule has 0 spiro atoms. The van der Waals surface area contributed by atoms with E-state index in [1.807, 2.05) is 0 Å². The number of hydrogen-bond donors (Lipinski definition) is 1. The highest BCUT2D eigenvalue weighted by molar-refractivity contribution is 5.92. The minimum Gasteiger partial charge on any atom is -0.483 e. The van der Waals surface area contributed by atoms with Crippen LogP contribution in [0.1, 0.15) is 25.8 Å². The van der Waals surface area contributed by atoms with E-state index in [4.69, 9.17) is 4.74 Å². The molecule has 0 aliphatic carbocycles. The molecule has 0 fully saturated rings. The molecular formula is C16H19F3N2O3. The van der Waals surface area contributed by atoms with Crippen LogP contribution in [0.4, 0.5) is 13.2 Å². The van der Waals surface area contributed by atoms with Gasteiger partial charge in [0.15, 0.2) is 6.61 Å². The number of benzene rings is 1. The van der Waals surface area contributed by atoms with Gasteiger partial charge in [-0.15, -0.1) is 0 Å². The molecule has 1 aliphatic heterocycles. The maximum atomic E-state index is 13.3. The van der Waals surface area contributed by atoms with Crippen molar-refractivity contribution in [1.82, 2.24) is 5.01 Å². The summed E-state index contributed by atoms with van der Waals surface area (Å²) in [6, 6.07) is 6.80. The fourth-order valence-electron chi connectivity index (χ4n) is 2.29. The fraction of sp³-hybridized carbons (Fsp3) is 0.500. The van der Waals surface area contributed by atoms with Crippen molar-refractivity contribution in [2.24, 2.45) is 11.0 Å². The molecule has 1 heterocycles. The zero-order valence-corrected chi connectivity index (χ0v) is 13.6. The quantitative estimate of drug-likeness (QED) is 0.914. The molecule has 0 bridgehead atoms. The predicted octanol–water partition coefficient (Wildman–Crippen LogP) is 2.87. The predicted molar refractivity (Wildman–Crippen MR) is 81.4 cm³/mol. The Hall–Kier alpha value is -2.09. The summed E-state index contributed by atoms with van der Waals surface area (Å²) in [5.74, 6) is -1.00. The Balaban J connectivity index is 2.20. The van der Waals surface area contributed by atoms with E-state index in [0.717, 1.165) is 5.56 Å². The van der Waals surface area contributed by atoms with Crippen LogP contribution in [0, 0.1) is 12.8 Å². The lowest BCUT2D eigenvalue weighted by Crippen LogP contribution is -2.57. The number of para-hydroxylation sites is 1. The molecule has 132 valence electrons. The molecule has 1 aliphatic rings. The largest absolute Gasteiger partial charge is 0.483 e. The minimum absolute atomic E-state index is 0.0978. The zero-order chi connectivity index (χ0) is 18.1. The number of halogens is 3. The number of carbonyl (C=O) groups excluding carboxylic acids is 1. The van der Waals surface area contributed by atoms with Crippen LogP contribution >= 0.6 is 0 Å². The highest BCUT2D eigenvalue weighted by atomic mass is 19.4. The standard InChI is InChI=1S/C16H19F3N2O3/c1-10(2)12-8-15(23,16(17,18)19)21(20-12)14(22)9-24-13-7-5-4-6-11(13)3/h4-7,10,23H,8-9H2,1-3H3/t15-/m1/s1.